The zero-order chi connectivity index (χ0) is 18.9. The van der Waals surface area contributed by atoms with Crippen molar-refractivity contribution in [2.45, 2.75) is 38.3 Å². The third-order valence-electron chi connectivity index (χ3n) is 5.00. The summed E-state index contributed by atoms with van der Waals surface area (Å²) in [5, 5.41) is 17.1. The summed E-state index contributed by atoms with van der Waals surface area (Å²) in [6.45, 7) is 2.30. The highest BCUT2D eigenvalue weighted by Crippen LogP contribution is 2.36. The van der Waals surface area contributed by atoms with Gasteiger partial charge in [0.1, 0.15) is 17.5 Å². The van der Waals surface area contributed by atoms with Crippen molar-refractivity contribution in [3.63, 3.8) is 0 Å². The van der Waals surface area contributed by atoms with Crippen LogP contribution >= 0.6 is 0 Å². The molecule has 1 saturated carbocycles. The molecule has 140 valence electrons. The Morgan fingerprint density at radius 2 is 2.15 bits per heavy atom. The molecule has 0 spiro atoms. The molecule has 1 aliphatic rings. The van der Waals surface area contributed by atoms with Crippen LogP contribution in [0.4, 0.5) is 17.5 Å². The summed E-state index contributed by atoms with van der Waals surface area (Å²) in [4.78, 5) is 25.9. The molecule has 27 heavy (non-hydrogen) atoms. The Balaban J connectivity index is 1.82. The molecule has 0 radical (unpaired) electrons. The lowest BCUT2D eigenvalue weighted by molar-refractivity contribution is 0.274. The molecule has 0 atom stereocenters. The van der Waals surface area contributed by atoms with Crippen LogP contribution in [0.5, 0.6) is 0 Å². The third kappa shape index (κ3) is 3.48. The first-order valence-corrected chi connectivity index (χ1v) is 9.04. The standard InChI is InChI=1S/C19H22N6O2/c1-19(4-2-5-19)24-17-16-13(3-8-25(9-10-26)18(16)27)11-14(23-17)22-15-12-20-6-7-21-15/h3,6-8,11-12,26H,2,4-5,9-10H2,1H3,(H2,21,22,23,24). The largest absolute Gasteiger partial charge is 0.395 e. The van der Waals surface area contributed by atoms with Crippen LogP contribution in [-0.2, 0) is 6.54 Å². The number of aliphatic hydroxyl groups is 1. The van der Waals surface area contributed by atoms with Gasteiger partial charge in [0.2, 0.25) is 0 Å². The predicted molar refractivity (Wildman–Crippen MR) is 104 cm³/mol. The Bertz CT molecular complexity index is 1010. The van der Waals surface area contributed by atoms with Gasteiger partial charge in [-0.05, 0) is 43.7 Å². The van der Waals surface area contributed by atoms with Gasteiger partial charge in [-0.25, -0.2) is 9.97 Å². The highest BCUT2D eigenvalue weighted by molar-refractivity contribution is 5.93. The van der Waals surface area contributed by atoms with Gasteiger partial charge in [0, 0.05) is 30.7 Å². The fourth-order valence-corrected chi connectivity index (χ4v) is 3.35. The van der Waals surface area contributed by atoms with Crippen molar-refractivity contribution in [2.75, 3.05) is 17.2 Å². The van der Waals surface area contributed by atoms with Gasteiger partial charge < -0.3 is 20.3 Å². The van der Waals surface area contributed by atoms with Gasteiger partial charge in [0.25, 0.3) is 5.56 Å². The predicted octanol–water partition coefficient (Wildman–Crippen LogP) is 2.28. The van der Waals surface area contributed by atoms with Gasteiger partial charge in [-0.3, -0.25) is 9.78 Å². The fraction of sp³-hybridized carbons (Fsp3) is 0.368. The van der Waals surface area contributed by atoms with E-state index in [-0.39, 0.29) is 24.2 Å². The number of hydrogen-bond acceptors (Lipinski definition) is 7. The maximum absolute atomic E-state index is 12.9. The van der Waals surface area contributed by atoms with Crippen molar-refractivity contribution in [1.82, 2.24) is 19.5 Å². The van der Waals surface area contributed by atoms with Gasteiger partial charge >= 0.3 is 0 Å². The van der Waals surface area contributed by atoms with Crippen LogP contribution in [0.2, 0.25) is 0 Å². The molecule has 0 amide bonds. The highest BCUT2D eigenvalue weighted by Gasteiger charge is 2.32. The molecule has 0 saturated heterocycles. The maximum Gasteiger partial charge on any atom is 0.262 e. The monoisotopic (exact) mass is 366 g/mol. The van der Waals surface area contributed by atoms with Gasteiger partial charge in [0.15, 0.2) is 0 Å². The number of pyridine rings is 2. The molecule has 0 aromatic carbocycles. The van der Waals surface area contributed by atoms with E-state index in [9.17, 15) is 9.90 Å². The van der Waals surface area contributed by atoms with Crippen molar-refractivity contribution >= 4 is 28.2 Å². The van der Waals surface area contributed by atoms with Gasteiger partial charge in [0.05, 0.1) is 18.2 Å². The maximum atomic E-state index is 12.9. The summed E-state index contributed by atoms with van der Waals surface area (Å²) < 4.78 is 1.51. The quantitative estimate of drug-likeness (QED) is 0.615. The Labute approximate surface area is 156 Å². The number of anilines is 3. The summed E-state index contributed by atoms with van der Waals surface area (Å²) in [7, 11) is 0. The SMILES string of the molecule is CC1(Nc2nc(Nc3cnccn3)cc3ccn(CCO)c(=O)c23)CCC1. The van der Waals surface area contributed by atoms with Crippen LogP contribution in [-0.4, -0.2) is 36.8 Å². The molecule has 0 unspecified atom stereocenters. The van der Waals surface area contributed by atoms with E-state index in [4.69, 9.17) is 0 Å². The van der Waals surface area contributed by atoms with E-state index in [1.54, 1.807) is 24.8 Å². The molecule has 3 aromatic heterocycles. The van der Waals surface area contributed by atoms with Crippen molar-refractivity contribution in [3.05, 3.63) is 47.3 Å². The van der Waals surface area contributed by atoms with Crippen molar-refractivity contribution < 1.29 is 5.11 Å². The molecule has 3 N–H and O–H groups in total. The Hall–Kier alpha value is -3.00. The molecule has 3 aromatic rings. The summed E-state index contributed by atoms with van der Waals surface area (Å²) in [6.07, 6.45) is 9.75. The zero-order valence-corrected chi connectivity index (χ0v) is 15.1. The first kappa shape index (κ1) is 17.4. The zero-order valence-electron chi connectivity index (χ0n) is 15.1. The third-order valence-corrected chi connectivity index (χ3v) is 5.00. The molecule has 8 nitrogen and oxygen atoms in total. The Morgan fingerprint density at radius 1 is 1.30 bits per heavy atom. The molecular formula is C19H22N6O2. The number of aliphatic hydroxyl groups excluding tert-OH is 1. The molecule has 8 heteroatoms. The van der Waals surface area contributed by atoms with E-state index >= 15 is 0 Å². The number of nitrogens with zero attached hydrogens (tertiary/aromatic N) is 4. The summed E-state index contributed by atoms with van der Waals surface area (Å²) >= 11 is 0. The second kappa shape index (κ2) is 6.96. The molecule has 1 fully saturated rings. The molecule has 0 bridgehead atoms. The van der Waals surface area contributed by atoms with E-state index in [0.717, 1.165) is 24.6 Å². The van der Waals surface area contributed by atoms with Crippen LogP contribution < -0.4 is 16.2 Å². The van der Waals surface area contributed by atoms with E-state index < -0.39 is 0 Å². The fourth-order valence-electron chi connectivity index (χ4n) is 3.35. The summed E-state index contributed by atoms with van der Waals surface area (Å²) in [5.74, 6) is 1.73. The van der Waals surface area contributed by atoms with Crippen molar-refractivity contribution in [1.29, 1.82) is 0 Å². The van der Waals surface area contributed by atoms with E-state index in [1.165, 1.54) is 4.57 Å². The van der Waals surface area contributed by atoms with E-state index in [1.807, 2.05) is 12.1 Å². The second-order valence-electron chi connectivity index (χ2n) is 7.11. The van der Waals surface area contributed by atoms with Crippen LogP contribution in [0.15, 0.2) is 41.7 Å². The number of aromatic nitrogens is 4. The van der Waals surface area contributed by atoms with Gasteiger partial charge in [-0.2, -0.15) is 0 Å². The van der Waals surface area contributed by atoms with Gasteiger partial charge in [-0.1, -0.05) is 0 Å². The number of fused-ring (bicyclic) bond motifs is 1. The van der Waals surface area contributed by atoms with Crippen LogP contribution in [0.1, 0.15) is 26.2 Å². The average Bonchev–Trinajstić information content (AvgIpc) is 2.63. The Morgan fingerprint density at radius 3 is 2.81 bits per heavy atom. The minimum atomic E-state index is -0.162. The van der Waals surface area contributed by atoms with Gasteiger partial charge in [-0.15, -0.1) is 0 Å². The average molecular weight is 366 g/mol. The lowest BCUT2D eigenvalue weighted by Gasteiger charge is -2.39. The minimum absolute atomic E-state index is 0.0603. The lowest BCUT2D eigenvalue weighted by Crippen LogP contribution is -2.42. The first-order valence-electron chi connectivity index (χ1n) is 9.04. The molecular weight excluding hydrogens is 344 g/mol. The van der Waals surface area contributed by atoms with E-state index in [2.05, 4.69) is 32.5 Å². The molecule has 1 aliphatic carbocycles. The smallest absolute Gasteiger partial charge is 0.262 e. The highest BCUT2D eigenvalue weighted by atomic mass is 16.3. The summed E-state index contributed by atoms with van der Waals surface area (Å²) in [6, 6.07) is 3.69. The van der Waals surface area contributed by atoms with Crippen LogP contribution in [0.25, 0.3) is 10.8 Å². The second-order valence-corrected chi connectivity index (χ2v) is 7.11. The summed E-state index contributed by atoms with van der Waals surface area (Å²) in [5.41, 5.74) is -0.222. The van der Waals surface area contributed by atoms with Crippen LogP contribution in [0, 0.1) is 0 Å². The molecule has 3 heterocycles. The first-order chi connectivity index (χ1) is 13.1. The van der Waals surface area contributed by atoms with Crippen LogP contribution in [0.3, 0.4) is 0 Å². The Kier molecular flexibility index (Phi) is 4.49. The number of hydrogen-bond donors (Lipinski definition) is 3. The van der Waals surface area contributed by atoms with Crippen molar-refractivity contribution in [2.24, 2.45) is 0 Å². The molecule has 0 aliphatic heterocycles. The normalized spacial score (nSPS) is 15.3. The van der Waals surface area contributed by atoms with E-state index in [0.29, 0.717) is 22.8 Å². The minimum Gasteiger partial charge on any atom is -0.395 e. The number of rotatable bonds is 6. The van der Waals surface area contributed by atoms with Crippen molar-refractivity contribution in [3.8, 4) is 0 Å². The topological polar surface area (TPSA) is 105 Å². The lowest BCUT2D eigenvalue weighted by atomic mass is 9.78. The number of nitrogens with one attached hydrogen (secondary N) is 2. The molecule has 4 rings (SSSR count).